The fourth-order valence-corrected chi connectivity index (χ4v) is 3.94. The molecule has 1 saturated heterocycles. The van der Waals surface area contributed by atoms with Gasteiger partial charge < -0.3 is 15.1 Å². The van der Waals surface area contributed by atoms with Crippen molar-refractivity contribution in [2.75, 3.05) is 43.4 Å². The molecular weight excluding hydrogens is 501 g/mol. The first-order chi connectivity index (χ1) is 15.2. The van der Waals surface area contributed by atoms with E-state index < -0.39 is 0 Å². The molecule has 0 radical (unpaired) electrons. The number of aromatic amines is 1. The van der Waals surface area contributed by atoms with E-state index in [2.05, 4.69) is 90.3 Å². The van der Waals surface area contributed by atoms with Gasteiger partial charge in [-0.05, 0) is 42.4 Å². The number of likely N-dealkylation sites (N-methyl/N-ethyl adjacent to an activating group) is 1. The van der Waals surface area contributed by atoms with Gasteiger partial charge in [0.05, 0.1) is 0 Å². The molecule has 1 aromatic heterocycles. The molecule has 0 aliphatic carbocycles. The predicted molar refractivity (Wildman–Crippen MR) is 134 cm³/mol. The van der Waals surface area contributed by atoms with E-state index in [0.717, 1.165) is 41.9 Å². The van der Waals surface area contributed by atoms with Gasteiger partial charge in [-0.25, -0.2) is 4.99 Å². The van der Waals surface area contributed by atoms with Crippen LogP contribution in [0.2, 0.25) is 0 Å². The van der Waals surface area contributed by atoms with Crippen LogP contribution in [0.5, 0.6) is 0 Å². The summed E-state index contributed by atoms with van der Waals surface area (Å²) in [5.41, 5.74) is 4.70. The highest BCUT2D eigenvalue weighted by atomic mass is 127. The molecule has 2 heterocycles. The second kappa shape index (κ2) is 9.94. The average molecular weight is 525 g/mol. The number of halogens is 1. The van der Waals surface area contributed by atoms with Gasteiger partial charge in [0.2, 0.25) is 0 Å². The topological polar surface area (TPSA) is 83.3 Å². The van der Waals surface area contributed by atoms with Crippen molar-refractivity contribution >= 4 is 51.8 Å². The molecule has 4 rings (SSSR count). The van der Waals surface area contributed by atoms with E-state index in [4.69, 9.17) is 0 Å². The van der Waals surface area contributed by atoms with E-state index in [-0.39, 0.29) is 0 Å². The number of nitrogens with one attached hydrogen (secondary N) is 2. The Morgan fingerprint density at radius 2 is 1.97 bits per heavy atom. The number of rotatable bonds is 6. The lowest BCUT2D eigenvalue weighted by molar-refractivity contribution is 0.313. The molecule has 8 heteroatoms. The fraction of sp³-hybridized carbons (Fsp3) is 0.261. The molecule has 0 atom stereocenters. The molecule has 2 N–H and O–H groups in total. The molecule has 7 nitrogen and oxygen atoms in total. The van der Waals surface area contributed by atoms with Crippen LogP contribution in [0.15, 0.2) is 53.5 Å². The Balaban J connectivity index is 1.46. The quantitative estimate of drug-likeness (QED) is 0.282. The normalized spacial score (nSPS) is 14.7. The van der Waals surface area contributed by atoms with Gasteiger partial charge in [0.15, 0.2) is 5.82 Å². The lowest BCUT2D eigenvalue weighted by Gasteiger charge is -2.34. The predicted octanol–water partition coefficient (Wildman–Crippen LogP) is 4.46. The summed E-state index contributed by atoms with van der Waals surface area (Å²) in [4.78, 5) is 9.19. The van der Waals surface area contributed by atoms with E-state index in [9.17, 15) is 5.26 Å². The van der Waals surface area contributed by atoms with Crippen molar-refractivity contribution in [3.63, 3.8) is 0 Å². The minimum atomic E-state index is 0.373. The van der Waals surface area contributed by atoms with Crippen molar-refractivity contribution in [3.8, 4) is 6.07 Å². The summed E-state index contributed by atoms with van der Waals surface area (Å²) in [6.45, 7) is 4.24. The van der Waals surface area contributed by atoms with Crippen LogP contribution in [0.25, 0.3) is 0 Å². The van der Waals surface area contributed by atoms with E-state index >= 15 is 0 Å². The van der Waals surface area contributed by atoms with Gasteiger partial charge in [-0.3, -0.25) is 5.10 Å². The summed E-state index contributed by atoms with van der Waals surface area (Å²) >= 11 is 2.33. The fourth-order valence-electron chi connectivity index (χ4n) is 3.47. The van der Waals surface area contributed by atoms with Gasteiger partial charge in [-0.2, -0.15) is 10.4 Å². The lowest BCUT2D eigenvalue weighted by atomic mass is 10.2. The first-order valence-electron chi connectivity index (χ1n) is 10.1. The van der Waals surface area contributed by atoms with Crippen LogP contribution in [-0.4, -0.2) is 54.5 Å². The van der Waals surface area contributed by atoms with Gasteiger partial charge >= 0.3 is 0 Å². The minimum absolute atomic E-state index is 0.373. The van der Waals surface area contributed by atoms with E-state index in [1.165, 1.54) is 11.3 Å². The van der Waals surface area contributed by atoms with Crippen LogP contribution in [0.3, 0.4) is 0 Å². The largest absolute Gasteiger partial charge is 0.369 e. The van der Waals surface area contributed by atoms with Crippen molar-refractivity contribution in [1.82, 2.24) is 15.1 Å². The summed E-state index contributed by atoms with van der Waals surface area (Å²) in [6.07, 6.45) is 1.74. The third-order valence-corrected chi connectivity index (χ3v) is 6.19. The molecule has 0 unspecified atom stereocenters. The standard InChI is InChI=1S/C23H24IN7/c1-30-9-11-31(12-10-30)20-7-5-17(6-8-20)16-26-22-21(15-25)23(29-28-22)27-19-4-2-3-18(13-19)14-24/h2-8,13,16H,9-12,14H2,1H3,(H2,27,28,29). The summed E-state index contributed by atoms with van der Waals surface area (Å²) in [7, 11) is 2.16. The lowest BCUT2D eigenvalue weighted by Crippen LogP contribution is -2.44. The van der Waals surface area contributed by atoms with Crippen molar-refractivity contribution in [2.45, 2.75) is 4.43 Å². The Morgan fingerprint density at radius 3 is 2.68 bits per heavy atom. The number of aromatic nitrogens is 2. The molecule has 1 aliphatic heterocycles. The molecule has 1 fully saturated rings. The highest BCUT2D eigenvalue weighted by Gasteiger charge is 2.14. The molecule has 2 aromatic carbocycles. The van der Waals surface area contributed by atoms with Gasteiger partial charge in [0, 0.05) is 48.2 Å². The maximum absolute atomic E-state index is 9.63. The Morgan fingerprint density at radius 1 is 1.19 bits per heavy atom. The smallest absolute Gasteiger partial charge is 0.193 e. The highest BCUT2D eigenvalue weighted by molar-refractivity contribution is 14.1. The van der Waals surface area contributed by atoms with Gasteiger partial charge in [0.25, 0.3) is 0 Å². The number of aliphatic imine (C=N–C) groups is 1. The van der Waals surface area contributed by atoms with Gasteiger partial charge in [0.1, 0.15) is 17.5 Å². The first kappa shape index (κ1) is 21.3. The van der Waals surface area contributed by atoms with Gasteiger partial charge in [-0.15, -0.1) is 0 Å². The van der Waals surface area contributed by atoms with E-state index in [1.54, 1.807) is 6.21 Å². The SMILES string of the molecule is CN1CCN(c2ccc(C=Nc3n[nH]c(Nc4cccc(CI)c4)c3C#N)cc2)CC1. The monoisotopic (exact) mass is 525 g/mol. The first-order valence-corrected chi connectivity index (χ1v) is 11.7. The van der Waals surface area contributed by atoms with E-state index in [1.807, 2.05) is 24.3 Å². The molecule has 31 heavy (non-hydrogen) atoms. The van der Waals surface area contributed by atoms with Crippen molar-refractivity contribution in [3.05, 3.63) is 65.2 Å². The maximum atomic E-state index is 9.63. The van der Waals surface area contributed by atoms with Crippen molar-refractivity contribution in [2.24, 2.45) is 4.99 Å². The maximum Gasteiger partial charge on any atom is 0.193 e. The molecule has 158 valence electrons. The second-order valence-electron chi connectivity index (χ2n) is 7.51. The molecular formula is C23H24IN7. The molecule has 0 spiro atoms. The summed E-state index contributed by atoms with van der Waals surface area (Å²) in [5, 5.41) is 20.0. The average Bonchev–Trinajstić information content (AvgIpc) is 3.20. The summed E-state index contributed by atoms with van der Waals surface area (Å²) in [6, 6.07) is 18.6. The number of hydrogen-bond acceptors (Lipinski definition) is 6. The number of H-pyrrole nitrogens is 1. The molecule has 1 aliphatic rings. The summed E-state index contributed by atoms with van der Waals surface area (Å²) < 4.78 is 0.921. The Bertz CT molecular complexity index is 1090. The third kappa shape index (κ3) is 5.24. The summed E-state index contributed by atoms with van der Waals surface area (Å²) in [5.74, 6) is 0.920. The number of alkyl halides is 1. The molecule has 0 bridgehead atoms. The highest BCUT2D eigenvalue weighted by Crippen LogP contribution is 2.26. The number of nitriles is 1. The zero-order valence-corrected chi connectivity index (χ0v) is 19.5. The third-order valence-electron chi connectivity index (χ3n) is 5.31. The van der Waals surface area contributed by atoms with Crippen LogP contribution in [0, 0.1) is 11.3 Å². The van der Waals surface area contributed by atoms with Crippen molar-refractivity contribution < 1.29 is 0 Å². The molecule has 0 amide bonds. The van der Waals surface area contributed by atoms with Crippen LogP contribution < -0.4 is 10.2 Å². The Hall–Kier alpha value is -2.90. The number of hydrogen-bond donors (Lipinski definition) is 2. The molecule has 3 aromatic rings. The second-order valence-corrected chi connectivity index (χ2v) is 8.27. The number of nitrogens with zero attached hydrogens (tertiary/aromatic N) is 5. The number of anilines is 3. The zero-order valence-electron chi connectivity index (χ0n) is 17.3. The van der Waals surface area contributed by atoms with Crippen LogP contribution in [0.1, 0.15) is 16.7 Å². The Kier molecular flexibility index (Phi) is 6.84. The minimum Gasteiger partial charge on any atom is -0.369 e. The van der Waals surface area contributed by atoms with Gasteiger partial charge in [-0.1, -0.05) is 46.9 Å². The van der Waals surface area contributed by atoms with Crippen LogP contribution >= 0.6 is 22.6 Å². The van der Waals surface area contributed by atoms with Crippen LogP contribution in [0.4, 0.5) is 23.0 Å². The molecule has 0 saturated carbocycles. The van der Waals surface area contributed by atoms with E-state index in [0.29, 0.717) is 17.2 Å². The Labute approximate surface area is 195 Å². The number of piperazine rings is 1. The van der Waals surface area contributed by atoms with Crippen LogP contribution in [-0.2, 0) is 4.43 Å². The van der Waals surface area contributed by atoms with Crippen molar-refractivity contribution in [1.29, 1.82) is 5.26 Å². The zero-order chi connectivity index (χ0) is 21.6. The number of benzene rings is 2.